The molecule has 4 heteroatoms. The van der Waals surface area contributed by atoms with Gasteiger partial charge in [0.15, 0.2) is 0 Å². The molecule has 0 fully saturated rings. The molecular weight excluding hydrogens is 202 g/mol. The highest BCUT2D eigenvalue weighted by Gasteiger charge is 2.02. The van der Waals surface area contributed by atoms with Gasteiger partial charge in [-0.1, -0.05) is 0 Å². The van der Waals surface area contributed by atoms with E-state index in [9.17, 15) is 4.79 Å². The van der Waals surface area contributed by atoms with E-state index in [-0.39, 0.29) is 5.78 Å². The van der Waals surface area contributed by atoms with Crippen LogP contribution < -0.4 is 0 Å². The van der Waals surface area contributed by atoms with E-state index in [0.29, 0.717) is 6.42 Å². The third kappa shape index (κ3) is 5.07. The molecular formula is C12H21N3O. The Morgan fingerprint density at radius 3 is 2.81 bits per heavy atom. The minimum absolute atomic E-state index is 0.287. The Kier molecular flexibility index (Phi) is 5.19. The van der Waals surface area contributed by atoms with Crippen LogP contribution in [-0.4, -0.2) is 34.1 Å². The SMILES string of the molecule is CC(=O)CCCCN(C)Cc1cnn(C)c1. The molecule has 0 spiro atoms. The molecule has 0 N–H and O–H groups in total. The molecule has 0 amide bonds. The number of hydrogen-bond donors (Lipinski definition) is 0. The molecule has 0 aromatic carbocycles. The van der Waals surface area contributed by atoms with Crippen molar-refractivity contribution in [3.63, 3.8) is 0 Å². The van der Waals surface area contributed by atoms with Gasteiger partial charge in [0.05, 0.1) is 6.20 Å². The van der Waals surface area contributed by atoms with Gasteiger partial charge in [-0.05, 0) is 33.4 Å². The summed E-state index contributed by atoms with van der Waals surface area (Å²) in [7, 11) is 4.02. The van der Waals surface area contributed by atoms with Crippen LogP contribution in [0.1, 0.15) is 31.7 Å². The second-order valence-electron chi connectivity index (χ2n) is 4.42. The molecule has 4 nitrogen and oxygen atoms in total. The highest BCUT2D eigenvalue weighted by Crippen LogP contribution is 2.03. The number of aromatic nitrogens is 2. The number of carbonyl (C=O) groups excluding carboxylic acids is 1. The average molecular weight is 223 g/mol. The zero-order valence-electron chi connectivity index (χ0n) is 10.4. The summed E-state index contributed by atoms with van der Waals surface area (Å²) >= 11 is 0. The molecule has 90 valence electrons. The Hall–Kier alpha value is -1.16. The first-order valence-corrected chi connectivity index (χ1v) is 5.73. The highest BCUT2D eigenvalue weighted by atomic mass is 16.1. The highest BCUT2D eigenvalue weighted by molar-refractivity contribution is 5.75. The van der Waals surface area contributed by atoms with Gasteiger partial charge in [-0.2, -0.15) is 5.10 Å². The van der Waals surface area contributed by atoms with Crippen molar-refractivity contribution in [2.45, 2.75) is 32.7 Å². The van der Waals surface area contributed by atoms with Crippen LogP contribution in [0.4, 0.5) is 0 Å². The lowest BCUT2D eigenvalue weighted by molar-refractivity contribution is -0.117. The summed E-state index contributed by atoms with van der Waals surface area (Å²) < 4.78 is 1.82. The summed E-state index contributed by atoms with van der Waals surface area (Å²) in [5, 5.41) is 4.13. The molecule has 0 saturated heterocycles. The van der Waals surface area contributed by atoms with Crippen molar-refractivity contribution < 1.29 is 4.79 Å². The minimum Gasteiger partial charge on any atom is -0.302 e. The second kappa shape index (κ2) is 6.43. The van der Waals surface area contributed by atoms with Crippen molar-refractivity contribution in [1.29, 1.82) is 0 Å². The maximum absolute atomic E-state index is 10.8. The number of rotatable bonds is 7. The normalized spacial score (nSPS) is 11.0. The number of hydrogen-bond acceptors (Lipinski definition) is 3. The van der Waals surface area contributed by atoms with Crippen molar-refractivity contribution in [3.8, 4) is 0 Å². The molecule has 0 aliphatic heterocycles. The lowest BCUT2D eigenvalue weighted by Crippen LogP contribution is -2.18. The van der Waals surface area contributed by atoms with Gasteiger partial charge in [-0.15, -0.1) is 0 Å². The summed E-state index contributed by atoms with van der Waals surface area (Å²) in [4.78, 5) is 13.0. The summed E-state index contributed by atoms with van der Waals surface area (Å²) in [6.07, 6.45) is 6.71. The number of unbranched alkanes of at least 4 members (excludes halogenated alkanes) is 1. The number of carbonyl (C=O) groups is 1. The van der Waals surface area contributed by atoms with E-state index < -0.39 is 0 Å². The monoisotopic (exact) mass is 223 g/mol. The lowest BCUT2D eigenvalue weighted by atomic mass is 10.2. The summed E-state index contributed by atoms with van der Waals surface area (Å²) in [6.45, 7) is 3.61. The van der Waals surface area contributed by atoms with Crippen LogP contribution in [0.15, 0.2) is 12.4 Å². The van der Waals surface area contributed by atoms with Crippen molar-refractivity contribution in [2.24, 2.45) is 7.05 Å². The van der Waals surface area contributed by atoms with E-state index in [0.717, 1.165) is 25.9 Å². The van der Waals surface area contributed by atoms with Crippen molar-refractivity contribution >= 4 is 5.78 Å². The van der Waals surface area contributed by atoms with Crippen LogP contribution in [0.5, 0.6) is 0 Å². The number of aryl methyl sites for hydroxylation is 1. The maximum Gasteiger partial charge on any atom is 0.129 e. The van der Waals surface area contributed by atoms with Gasteiger partial charge >= 0.3 is 0 Å². The smallest absolute Gasteiger partial charge is 0.129 e. The molecule has 0 aliphatic carbocycles. The van der Waals surface area contributed by atoms with E-state index in [2.05, 4.69) is 17.0 Å². The molecule has 0 atom stereocenters. The Morgan fingerprint density at radius 2 is 2.25 bits per heavy atom. The first-order valence-electron chi connectivity index (χ1n) is 5.73. The van der Waals surface area contributed by atoms with E-state index in [1.165, 1.54) is 5.56 Å². The molecule has 0 aliphatic rings. The van der Waals surface area contributed by atoms with Crippen molar-refractivity contribution in [1.82, 2.24) is 14.7 Å². The second-order valence-corrected chi connectivity index (χ2v) is 4.42. The zero-order chi connectivity index (χ0) is 12.0. The van der Waals surface area contributed by atoms with Crippen LogP contribution in [0.25, 0.3) is 0 Å². The van der Waals surface area contributed by atoms with E-state index in [4.69, 9.17) is 0 Å². The fourth-order valence-electron chi connectivity index (χ4n) is 1.70. The molecule has 0 saturated carbocycles. The summed E-state index contributed by atoms with van der Waals surface area (Å²) in [5.74, 6) is 0.287. The maximum atomic E-state index is 10.8. The third-order valence-corrected chi connectivity index (χ3v) is 2.53. The molecule has 1 aromatic heterocycles. The van der Waals surface area contributed by atoms with Gasteiger partial charge in [0.1, 0.15) is 5.78 Å². The number of Topliss-reactive ketones (excluding diaryl/α,β-unsaturated/α-hetero) is 1. The first kappa shape index (κ1) is 12.9. The average Bonchev–Trinajstić information content (AvgIpc) is 2.58. The van der Waals surface area contributed by atoms with Crippen LogP contribution in [0.2, 0.25) is 0 Å². The molecule has 1 rings (SSSR count). The third-order valence-electron chi connectivity index (χ3n) is 2.53. The predicted molar refractivity (Wildman–Crippen MR) is 64.1 cm³/mol. The molecule has 16 heavy (non-hydrogen) atoms. The van der Waals surface area contributed by atoms with E-state index in [1.807, 2.05) is 24.1 Å². The van der Waals surface area contributed by atoms with Gasteiger partial charge in [-0.3, -0.25) is 4.68 Å². The van der Waals surface area contributed by atoms with Crippen LogP contribution in [0.3, 0.4) is 0 Å². The zero-order valence-corrected chi connectivity index (χ0v) is 10.4. The Morgan fingerprint density at radius 1 is 1.50 bits per heavy atom. The molecule has 0 radical (unpaired) electrons. The van der Waals surface area contributed by atoms with Crippen molar-refractivity contribution in [3.05, 3.63) is 18.0 Å². The Labute approximate surface area is 97.2 Å². The van der Waals surface area contributed by atoms with E-state index >= 15 is 0 Å². The molecule has 0 unspecified atom stereocenters. The van der Waals surface area contributed by atoms with Crippen LogP contribution in [-0.2, 0) is 18.4 Å². The fourth-order valence-corrected chi connectivity index (χ4v) is 1.70. The van der Waals surface area contributed by atoms with Gasteiger partial charge in [0.25, 0.3) is 0 Å². The van der Waals surface area contributed by atoms with E-state index in [1.54, 1.807) is 6.92 Å². The number of ketones is 1. The lowest BCUT2D eigenvalue weighted by Gasteiger charge is -2.14. The fraction of sp³-hybridized carbons (Fsp3) is 0.667. The molecule has 0 bridgehead atoms. The van der Waals surface area contributed by atoms with Crippen LogP contribution >= 0.6 is 0 Å². The molecule has 1 aromatic rings. The predicted octanol–water partition coefficient (Wildman–Crippen LogP) is 1.61. The Balaban J connectivity index is 2.16. The van der Waals surface area contributed by atoms with Crippen LogP contribution in [0, 0.1) is 0 Å². The standard InChI is InChI=1S/C12H21N3O/c1-11(16)6-4-5-7-14(2)9-12-8-13-15(3)10-12/h8,10H,4-7,9H2,1-3H3. The summed E-state index contributed by atoms with van der Waals surface area (Å²) in [5.41, 5.74) is 1.23. The summed E-state index contributed by atoms with van der Waals surface area (Å²) in [6, 6.07) is 0. The minimum atomic E-state index is 0.287. The topological polar surface area (TPSA) is 38.1 Å². The van der Waals surface area contributed by atoms with Gasteiger partial charge in [-0.25, -0.2) is 0 Å². The Bertz CT molecular complexity index is 333. The van der Waals surface area contributed by atoms with Gasteiger partial charge in [0.2, 0.25) is 0 Å². The molecule has 1 heterocycles. The van der Waals surface area contributed by atoms with Gasteiger partial charge in [0, 0.05) is 31.8 Å². The number of nitrogens with zero attached hydrogens (tertiary/aromatic N) is 3. The first-order chi connectivity index (χ1) is 7.58. The van der Waals surface area contributed by atoms with Crippen molar-refractivity contribution in [2.75, 3.05) is 13.6 Å². The van der Waals surface area contributed by atoms with Gasteiger partial charge < -0.3 is 9.69 Å². The largest absolute Gasteiger partial charge is 0.302 e. The quantitative estimate of drug-likeness (QED) is 0.659.